The van der Waals surface area contributed by atoms with E-state index in [1.165, 1.54) is 17.0 Å². The molecule has 0 fully saturated rings. The molecule has 1 aliphatic rings. The second kappa shape index (κ2) is 7.31. The highest BCUT2D eigenvalue weighted by atomic mass is 35.5. The van der Waals surface area contributed by atoms with E-state index in [0.29, 0.717) is 22.5 Å². The van der Waals surface area contributed by atoms with Gasteiger partial charge in [0, 0.05) is 11.3 Å². The van der Waals surface area contributed by atoms with E-state index in [1.54, 1.807) is 54.6 Å². The number of nitrogens with one attached hydrogen (secondary N) is 1. The number of carbonyl (C=O) groups excluding carboxylic acids is 2. The molecule has 1 aliphatic heterocycles. The molecule has 0 radical (unpaired) electrons. The number of nitrogens with zero attached hydrogens (tertiary/aromatic N) is 1. The number of para-hydroxylation sites is 1. The van der Waals surface area contributed by atoms with Gasteiger partial charge in [0.2, 0.25) is 5.91 Å². The SMILES string of the molecule is O=C(CN1C(=O)[C@@](O)(c2ccccc2)c2ccccc21)Nc1ccc(F)c(Cl)c1. The zero-order chi connectivity index (χ0) is 20.6. The number of rotatable bonds is 4. The molecule has 0 spiro atoms. The Morgan fingerprint density at radius 1 is 1.07 bits per heavy atom. The summed E-state index contributed by atoms with van der Waals surface area (Å²) in [6.07, 6.45) is 0. The van der Waals surface area contributed by atoms with Gasteiger partial charge in [-0.2, -0.15) is 0 Å². The molecular weight excluding hydrogens is 395 g/mol. The van der Waals surface area contributed by atoms with Crippen molar-refractivity contribution in [1.82, 2.24) is 0 Å². The maximum Gasteiger partial charge on any atom is 0.268 e. The van der Waals surface area contributed by atoms with E-state index >= 15 is 0 Å². The summed E-state index contributed by atoms with van der Waals surface area (Å²) >= 11 is 5.74. The van der Waals surface area contributed by atoms with Crippen LogP contribution < -0.4 is 10.2 Å². The Morgan fingerprint density at radius 2 is 1.76 bits per heavy atom. The van der Waals surface area contributed by atoms with Gasteiger partial charge in [-0.15, -0.1) is 0 Å². The molecule has 0 aliphatic carbocycles. The van der Waals surface area contributed by atoms with Crippen LogP contribution in [0.3, 0.4) is 0 Å². The maximum atomic E-state index is 13.3. The summed E-state index contributed by atoms with van der Waals surface area (Å²) in [5.41, 5.74) is -0.285. The number of aliphatic hydroxyl groups is 1. The second-order valence-corrected chi connectivity index (χ2v) is 7.07. The lowest BCUT2D eigenvalue weighted by Gasteiger charge is -2.23. The summed E-state index contributed by atoms with van der Waals surface area (Å²) in [5.74, 6) is -1.72. The first-order valence-electron chi connectivity index (χ1n) is 8.85. The van der Waals surface area contributed by atoms with E-state index in [9.17, 15) is 19.1 Å². The molecule has 1 heterocycles. The van der Waals surface area contributed by atoms with Crippen molar-refractivity contribution >= 4 is 34.8 Å². The van der Waals surface area contributed by atoms with E-state index in [-0.39, 0.29) is 11.6 Å². The Bertz CT molecular complexity index is 1110. The van der Waals surface area contributed by atoms with Crippen LogP contribution in [0.5, 0.6) is 0 Å². The molecule has 4 rings (SSSR count). The normalized spacial score (nSPS) is 17.9. The number of halogens is 2. The van der Waals surface area contributed by atoms with Gasteiger partial charge < -0.3 is 10.4 Å². The standard InChI is InChI=1S/C22H16ClFN2O3/c23-17-12-15(10-11-18(17)24)25-20(27)13-26-19-9-5-4-8-16(19)22(29,21(26)28)14-6-2-1-3-7-14/h1-12,29H,13H2,(H,25,27)/t22-/m1/s1. The van der Waals surface area contributed by atoms with Gasteiger partial charge in [0.05, 0.1) is 10.7 Å². The number of amides is 2. The molecule has 0 bridgehead atoms. The van der Waals surface area contributed by atoms with Crippen molar-refractivity contribution in [3.63, 3.8) is 0 Å². The van der Waals surface area contributed by atoms with E-state index in [4.69, 9.17) is 11.6 Å². The van der Waals surface area contributed by atoms with Crippen molar-refractivity contribution in [3.8, 4) is 0 Å². The zero-order valence-corrected chi connectivity index (χ0v) is 15.9. The third-order valence-corrected chi connectivity index (χ3v) is 5.13. The van der Waals surface area contributed by atoms with Gasteiger partial charge in [0.15, 0.2) is 5.60 Å². The first kappa shape index (κ1) is 19.1. The van der Waals surface area contributed by atoms with Crippen LogP contribution in [-0.2, 0) is 15.2 Å². The van der Waals surface area contributed by atoms with Crippen LogP contribution in [0.4, 0.5) is 15.8 Å². The predicted octanol–water partition coefficient (Wildman–Crippen LogP) is 3.70. The topological polar surface area (TPSA) is 69.6 Å². The van der Waals surface area contributed by atoms with E-state index < -0.39 is 23.2 Å². The van der Waals surface area contributed by atoms with Crippen molar-refractivity contribution in [2.24, 2.45) is 0 Å². The quantitative estimate of drug-likeness (QED) is 0.689. The second-order valence-electron chi connectivity index (χ2n) is 6.66. The first-order valence-corrected chi connectivity index (χ1v) is 9.23. The zero-order valence-electron chi connectivity index (χ0n) is 15.1. The van der Waals surface area contributed by atoms with Crippen molar-refractivity contribution < 1.29 is 19.1 Å². The van der Waals surface area contributed by atoms with Crippen molar-refractivity contribution in [1.29, 1.82) is 0 Å². The fourth-order valence-electron chi connectivity index (χ4n) is 3.47. The van der Waals surface area contributed by atoms with Crippen LogP contribution >= 0.6 is 11.6 Å². The molecule has 0 saturated carbocycles. The molecule has 3 aromatic carbocycles. The van der Waals surface area contributed by atoms with Gasteiger partial charge in [0.25, 0.3) is 5.91 Å². The first-order chi connectivity index (χ1) is 13.9. The number of benzene rings is 3. The molecule has 0 unspecified atom stereocenters. The molecule has 0 saturated heterocycles. The van der Waals surface area contributed by atoms with Gasteiger partial charge in [0.1, 0.15) is 12.4 Å². The number of hydrogen-bond acceptors (Lipinski definition) is 3. The number of fused-ring (bicyclic) bond motifs is 1. The summed E-state index contributed by atoms with van der Waals surface area (Å²) in [4.78, 5) is 27.0. The fraction of sp³-hybridized carbons (Fsp3) is 0.0909. The minimum Gasteiger partial charge on any atom is -0.372 e. The lowest BCUT2D eigenvalue weighted by atomic mass is 9.88. The van der Waals surface area contributed by atoms with Crippen molar-refractivity contribution in [2.45, 2.75) is 5.60 Å². The molecule has 2 amide bonds. The number of carbonyl (C=O) groups is 2. The van der Waals surface area contributed by atoms with E-state index in [0.717, 1.165) is 6.07 Å². The van der Waals surface area contributed by atoms with Gasteiger partial charge in [-0.1, -0.05) is 60.1 Å². The lowest BCUT2D eigenvalue weighted by Crippen LogP contribution is -2.44. The van der Waals surface area contributed by atoms with Crippen LogP contribution in [0.25, 0.3) is 0 Å². The highest BCUT2D eigenvalue weighted by Gasteiger charge is 2.51. The van der Waals surface area contributed by atoms with Crippen LogP contribution in [0, 0.1) is 5.82 Å². The van der Waals surface area contributed by atoms with E-state index in [2.05, 4.69) is 5.32 Å². The van der Waals surface area contributed by atoms with Crippen molar-refractivity contribution in [2.75, 3.05) is 16.8 Å². The van der Waals surface area contributed by atoms with Gasteiger partial charge >= 0.3 is 0 Å². The highest BCUT2D eigenvalue weighted by molar-refractivity contribution is 6.31. The number of anilines is 2. The molecule has 146 valence electrons. The molecule has 7 heteroatoms. The average molecular weight is 411 g/mol. The predicted molar refractivity (Wildman–Crippen MR) is 108 cm³/mol. The average Bonchev–Trinajstić information content (AvgIpc) is 2.94. The third-order valence-electron chi connectivity index (χ3n) is 4.84. The molecule has 1 atom stereocenters. The Balaban J connectivity index is 1.63. The Morgan fingerprint density at radius 3 is 2.48 bits per heavy atom. The van der Waals surface area contributed by atoms with Crippen LogP contribution in [0.1, 0.15) is 11.1 Å². The van der Waals surface area contributed by atoms with Crippen LogP contribution in [0.2, 0.25) is 5.02 Å². The summed E-state index contributed by atoms with van der Waals surface area (Å²) < 4.78 is 13.3. The Kier molecular flexibility index (Phi) is 4.82. The summed E-state index contributed by atoms with van der Waals surface area (Å²) in [6, 6.07) is 19.2. The van der Waals surface area contributed by atoms with Crippen LogP contribution in [-0.4, -0.2) is 23.5 Å². The smallest absolute Gasteiger partial charge is 0.268 e. The van der Waals surface area contributed by atoms with Crippen LogP contribution in [0.15, 0.2) is 72.8 Å². The summed E-state index contributed by atoms with van der Waals surface area (Å²) in [6.45, 7) is -0.319. The molecule has 2 N–H and O–H groups in total. The number of hydrogen-bond donors (Lipinski definition) is 2. The minimum absolute atomic E-state index is 0.121. The minimum atomic E-state index is -1.88. The van der Waals surface area contributed by atoms with E-state index in [1.807, 2.05) is 0 Å². The summed E-state index contributed by atoms with van der Waals surface area (Å²) in [5, 5.41) is 13.8. The molecule has 29 heavy (non-hydrogen) atoms. The van der Waals surface area contributed by atoms with Gasteiger partial charge in [-0.25, -0.2) is 4.39 Å². The van der Waals surface area contributed by atoms with Crippen molar-refractivity contribution in [3.05, 3.63) is 94.8 Å². The lowest BCUT2D eigenvalue weighted by molar-refractivity contribution is -0.133. The maximum absolute atomic E-state index is 13.3. The third kappa shape index (κ3) is 3.26. The molecule has 3 aromatic rings. The largest absolute Gasteiger partial charge is 0.372 e. The fourth-order valence-corrected chi connectivity index (χ4v) is 3.65. The van der Waals surface area contributed by atoms with Gasteiger partial charge in [-0.3, -0.25) is 14.5 Å². The Hall–Kier alpha value is -3.22. The monoisotopic (exact) mass is 410 g/mol. The highest BCUT2D eigenvalue weighted by Crippen LogP contribution is 2.44. The molecule has 5 nitrogen and oxygen atoms in total. The molecule has 0 aromatic heterocycles. The summed E-state index contributed by atoms with van der Waals surface area (Å²) in [7, 11) is 0. The molecular formula is C22H16ClFN2O3. The Labute approximate surface area is 171 Å². The van der Waals surface area contributed by atoms with Gasteiger partial charge in [-0.05, 0) is 29.8 Å².